The van der Waals surface area contributed by atoms with E-state index in [0.717, 1.165) is 21.0 Å². The first kappa shape index (κ1) is 21.2. The van der Waals surface area contributed by atoms with Crippen LogP contribution in [0.15, 0.2) is 107 Å². The van der Waals surface area contributed by atoms with Crippen LogP contribution in [0.25, 0.3) is 4.91 Å². The summed E-state index contributed by atoms with van der Waals surface area (Å²) in [5, 5.41) is 1.76. The Morgan fingerprint density at radius 3 is 2.10 bits per heavy atom. The molecule has 0 atom stereocenters. The molecular formula is C25H21NO3S2. The van der Waals surface area contributed by atoms with E-state index in [9.17, 15) is 13.2 Å². The molecule has 31 heavy (non-hydrogen) atoms. The van der Waals surface area contributed by atoms with Crippen LogP contribution in [-0.2, 0) is 21.2 Å². The number of amides is 1. The average Bonchev–Trinajstić information content (AvgIpc) is 2.95. The highest BCUT2D eigenvalue weighted by Gasteiger charge is 2.32. The van der Waals surface area contributed by atoms with Gasteiger partial charge >= 0.3 is 0 Å². The predicted molar refractivity (Wildman–Crippen MR) is 125 cm³/mol. The van der Waals surface area contributed by atoms with Gasteiger partial charge in [-0.05, 0) is 35.6 Å². The van der Waals surface area contributed by atoms with Crippen LogP contribution in [-0.4, -0.2) is 18.6 Å². The van der Waals surface area contributed by atoms with Crippen molar-refractivity contribution >= 4 is 32.6 Å². The number of benzene rings is 3. The number of sulfonamides is 1. The normalized spacial score (nSPS) is 14.6. The Labute approximate surface area is 187 Å². The van der Waals surface area contributed by atoms with Crippen molar-refractivity contribution in [2.75, 3.05) is 0 Å². The van der Waals surface area contributed by atoms with Crippen molar-refractivity contribution in [1.29, 1.82) is 0 Å². The van der Waals surface area contributed by atoms with Crippen LogP contribution < -0.4 is 0 Å². The molecule has 1 aliphatic heterocycles. The molecule has 156 valence electrons. The number of hydrogen-bond donors (Lipinski definition) is 0. The highest BCUT2D eigenvalue weighted by atomic mass is 32.2. The molecule has 0 spiro atoms. The van der Waals surface area contributed by atoms with Gasteiger partial charge in [-0.25, -0.2) is 12.7 Å². The van der Waals surface area contributed by atoms with Crippen molar-refractivity contribution in [2.45, 2.75) is 18.2 Å². The van der Waals surface area contributed by atoms with Crippen LogP contribution >= 0.6 is 11.8 Å². The molecule has 0 aromatic heterocycles. The van der Waals surface area contributed by atoms with Gasteiger partial charge < -0.3 is 0 Å². The second-order valence-corrected chi connectivity index (χ2v) is 9.93. The van der Waals surface area contributed by atoms with Crippen LogP contribution in [0.4, 0.5) is 0 Å². The van der Waals surface area contributed by atoms with E-state index in [1.807, 2.05) is 67.6 Å². The Hall–Kier alpha value is -3.09. The molecule has 1 heterocycles. The van der Waals surface area contributed by atoms with Crippen molar-refractivity contribution in [1.82, 2.24) is 4.31 Å². The summed E-state index contributed by atoms with van der Waals surface area (Å²) in [4.78, 5) is 14.2. The number of aryl methyl sites for hydroxylation is 1. The van der Waals surface area contributed by atoms with E-state index in [1.165, 1.54) is 30.1 Å². The van der Waals surface area contributed by atoms with E-state index in [4.69, 9.17) is 0 Å². The van der Waals surface area contributed by atoms with Gasteiger partial charge in [-0.1, -0.05) is 90.1 Å². The Balaban J connectivity index is 1.80. The fraction of sp³-hybridized carbons (Fsp3) is 0.0800. The lowest BCUT2D eigenvalue weighted by atomic mass is 10.1. The molecule has 4 rings (SSSR count). The second kappa shape index (κ2) is 8.96. The zero-order chi connectivity index (χ0) is 21.8. The zero-order valence-electron chi connectivity index (χ0n) is 16.9. The largest absolute Gasteiger partial charge is 0.270 e. The monoisotopic (exact) mass is 447 g/mol. The molecule has 3 aromatic rings. The first-order valence-corrected chi connectivity index (χ1v) is 12.1. The van der Waals surface area contributed by atoms with Gasteiger partial charge in [0.25, 0.3) is 15.9 Å². The van der Waals surface area contributed by atoms with Crippen LogP contribution in [0.1, 0.15) is 16.7 Å². The number of carbonyl (C=O) groups is 1. The van der Waals surface area contributed by atoms with Crippen molar-refractivity contribution in [3.8, 4) is 0 Å². The van der Waals surface area contributed by atoms with Crippen LogP contribution in [0.3, 0.4) is 0 Å². The van der Waals surface area contributed by atoms with Crippen LogP contribution in [0.5, 0.6) is 0 Å². The predicted octanol–water partition coefficient (Wildman–Crippen LogP) is 5.38. The van der Waals surface area contributed by atoms with Crippen molar-refractivity contribution in [3.63, 3.8) is 0 Å². The summed E-state index contributed by atoms with van der Waals surface area (Å²) in [6.07, 6.45) is 1.79. The maximum Gasteiger partial charge on any atom is 0.270 e. The third kappa shape index (κ3) is 4.65. The van der Waals surface area contributed by atoms with Crippen molar-refractivity contribution in [2.24, 2.45) is 0 Å². The zero-order valence-corrected chi connectivity index (χ0v) is 18.6. The number of carbonyl (C=O) groups excluding carboxylic acids is 1. The SMILES string of the molecule is Cc1ccc(S(=O)(=O)N2C=C(c3ccccc3)SC=C(Cc3ccccc3)C2=O)cc1. The fourth-order valence-electron chi connectivity index (χ4n) is 3.20. The molecule has 4 nitrogen and oxygen atoms in total. The van der Waals surface area contributed by atoms with Gasteiger partial charge in [0.1, 0.15) is 0 Å². The van der Waals surface area contributed by atoms with Gasteiger partial charge in [-0.2, -0.15) is 0 Å². The van der Waals surface area contributed by atoms with Gasteiger partial charge in [-0.15, -0.1) is 0 Å². The van der Waals surface area contributed by atoms with Gasteiger partial charge in [0, 0.05) is 23.1 Å². The van der Waals surface area contributed by atoms with Crippen LogP contribution in [0.2, 0.25) is 0 Å². The summed E-state index contributed by atoms with van der Waals surface area (Å²) in [5.41, 5.74) is 3.16. The lowest BCUT2D eigenvalue weighted by molar-refractivity contribution is -0.121. The lowest BCUT2D eigenvalue weighted by Crippen LogP contribution is -2.33. The minimum atomic E-state index is -4.06. The average molecular weight is 448 g/mol. The first-order chi connectivity index (χ1) is 14.9. The van der Waals surface area contributed by atoms with E-state index < -0.39 is 15.9 Å². The van der Waals surface area contributed by atoms with E-state index in [-0.39, 0.29) is 4.90 Å². The van der Waals surface area contributed by atoms with Crippen molar-refractivity contribution in [3.05, 3.63) is 119 Å². The molecule has 1 aliphatic rings. The number of hydrogen-bond acceptors (Lipinski definition) is 4. The van der Waals surface area contributed by atoms with Gasteiger partial charge in [0.2, 0.25) is 0 Å². The minimum absolute atomic E-state index is 0.0843. The molecule has 1 amide bonds. The summed E-state index contributed by atoms with van der Waals surface area (Å²) < 4.78 is 27.8. The Bertz CT molecular complexity index is 1250. The number of thioether (sulfide) groups is 1. The Kier molecular flexibility index (Phi) is 6.11. The maximum absolute atomic E-state index is 13.5. The topological polar surface area (TPSA) is 54.5 Å². The molecule has 0 N–H and O–H groups in total. The van der Waals surface area contributed by atoms with E-state index in [0.29, 0.717) is 16.9 Å². The van der Waals surface area contributed by atoms with Gasteiger partial charge in [0.15, 0.2) is 0 Å². The molecule has 0 unspecified atom stereocenters. The summed E-state index contributed by atoms with van der Waals surface area (Å²) >= 11 is 1.36. The Morgan fingerprint density at radius 2 is 1.45 bits per heavy atom. The highest BCUT2D eigenvalue weighted by Crippen LogP contribution is 2.35. The van der Waals surface area contributed by atoms with Gasteiger partial charge in [0.05, 0.1) is 4.90 Å². The maximum atomic E-state index is 13.5. The van der Waals surface area contributed by atoms with E-state index >= 15 is 0 Å². The van der Waals surface area contributed by atoms with Crippen molar-refractivity contribution < 1.29 is 13.2 Å². The molecule has 3 aromatic carbocycles. The number of rotatable bonds is 5. The summed E-state index contributed by atoms with van der Waals surface area (Å²) in [6, 6.07) is 25.6. The molecule has 0 saturated carbocycles. The minimum Gasteiger partial charge on any atom is -0.268 e. The lowest BCUT2D eigenvalue weighted by Gasteiger charge is -2.20. The smallest absolute Gasteiger partial charge is 0.268 e. The summed E-state index contributed by atoms with van der Waals surface area (Å²) in [6.45, 7) is 1.89. The molecule has 6 heteroatoms. The number of nitrogens with zero attached hydrogens (tertiary/aromatic N) is 1. The fourth-order valence-corrected chi connectivity index (χ4v) is 5.45. The Morgan fingerprint density at radius 1 is 0.839 bits per heavy atom. The standard InChI is InChI=1S/C25H21NO3S2/c1-19-12-14-23(15-13-19)31(28,29)26-17-24(21-10-6-3-7-11-21)30-18-22(25(26)27)16-20-8-4-2-5-9-20/h2-15,17-18H,16H2,1H3. The summed E-state index contributed by atoms with van der Waals surface area (Å²) in [7, 11) is -4.06. The molecule has 0 aliphatic carbocycles. The molecule has 0 bridgehead atoms. The third-order valence-electron chi connectivity index (χ3n) is 4.91. The second-order valence-electron chi connectivity index (χ2n) is 7.20. The van der Waals surface area contributed by atoms with E-state index in [2.05, 4.69) is 0 Å². The molecule has 0 saturated heterocycles. The third-order valence-corrected chi connectivity index (χ3v) is 7.57. The molecule has 0 radical (unpaired) electrons. The highest BCUT2D eigenvalue weighted by molar-refractivity contribution is 8.11. The first-order valence-electron chi connectivity index (χ1n) is 9.77. The van der Waals surface area contributed by atoms with Crippen LogP contribution in [0, 0.1) is 6.92 Å². The van der Waals surface area contributed by atoms with E-state index in [1.54, 1.807) is 17.5 Å². The molecular weight excluding hydrogens is 426 g/mol. The summed E-state index contributed by atoms with van der Waals surface area (Å²) in [5.74, 6) is -0.539. The quantitative estimate of drug-likeness (QED) is 0.527. The van der Waals surface area contributed by atoms with Gasteiger partial charge in [-0.3, -0.25) is 4.79 Å². The molecule has 0 fully saturated rings.